The van der Waals surface area contributed by atoms with E-state index in [2.05, 4.69) is 121 Å². The molecule has 2 aromatic rings. The molecule has 0 radical (unpaired) electrons. The van der Waals surface area contributed by atoms with Gasteiger partial charge in [-0.25, -0.2) is 0 Å². The lowest BCUT2D eigenvalue weighted by atomic mass is 9.79. The normalized spacial score (nSPS) is 15.1. The van der Waals surface area contributed by atoms with Gasteiger partial charge in [0.15, 0.2) is 0 Å². The van der Waals surface area contributed by atoms with Gasteiger partial charge in [0.1, 0.15) is 24.2 Å². The minimum absolute atomic E-state index is 0.0437. The van der Waals surface area contributed by atoms with Crippen LogP contribution in [0.15, 0.2) is 34.1 Å². The first-order valence-electron chi connectivity index (χ1n) is 15.2. The number of hydrogen-bond donors (Lipinski definition) is 3. The fourth-order valence-corrected chi connectivity index (χ4v) is 7.47. The van der Waals surface area contributed by atoms with Crippen LogP contribution in [0.4, 0.5) is 0 Å². The Bertz CT molecular complexity index is 1150. The van der Waals surface area contributed by atoms with Gasteiger partial charge < -0.3 is 20.1 Å². The van der Waals surface area contributed by atoms with Crippen molar-refractivity contribution in [1.82, 2.24) is 0 Å². The van der Waals surface area contributed by atoms with Crippen LogP contribution in [0.25, 0.3) is 0 Å². The molecule has 3 N–H and O–H groups in total. The lowest BCUT2D eigenvalue weighted by Gasteiger charge is -2.33. The van der Waals surface area contributed by atoms with Crippen molar-refractivity contribution >= 4 is 23.5 Å². The number of phenols is 1. The number of aliphatic hydroxyl groups is 2. The van der Waals surface area contributed by atoms with Crippen molar-refractivity contribution in [3.63, 3.8) is 0 Å². The summed E-state index contributed by atoms with van der Waals surface area (Å²) in [6.07, 6.45) is -1.28. The number of thioether (sulfide) groups is 2. The molecule has 42 heavy (non-hydrogen) atoms. The quantitative estimate of drug-likeness (QED) is 0.192. The van der Waals surface area contributed by atoms with Crippen molar-refractivity contribution < 1.29 is 20.1 Å². The number of rotatable bonds is 9. The summed E-state index contributed by atoms with van der Waals surface area (Å²) in [6.45, 7) is 32.4. The second-order valence-corrected chi connectivity index (χ2v) is 19.8. The van der Waals surface area contributed by atoms with Crippen molar-refractivity contribution in [2.45, 2.75) is 158 Å². The Morgan fingerprint density at radius 3 is 1.24 bits per heavy atom. The standard InChI is InChI=1S/C36H58O4S2/c1-16-28(37)29(38)21-40-31-26(34(8,9)10)19-23(20-27(31)35(11,12)13)42-36(14,15)41-22-17-24(32(2,3)4)30(39)25(18-22)33(5,6)7/h17-20,28-29,37-39H,16,21H2,1-15H3/t28-,29-/m0/s1. The zero-order chi connectivity index (χ0) is 32.6. The summed E-state index contributed by atoms with van der Waals surface area (Å²) in [5.74, 6) is 1.21. The summed E-state index contributed by atoms with van der Waals surface area (Å²) in [6, 6.07) is 8.79. The van der Waals surface area contributed by atoms with Gasteiger partial charge >= 0.3 is 0 Å². The number of aromatic hydroxyl groups is 1. The van der Waals surface area contributed by atoms with Gasteiger partial charge in [-0.15, -0.1) is 23.5 Å². The summed E-state index contributed by atoms with van der Waals surface area (Å²) in [5, 5.41) is 31.8. The third kappa shape index (κ3) is 9.58. The van der Waals surface area contributed by atoms with Gasteiger partial charge in [-0.3, -0.25) is 0 Å². The number of hydrogen-bond acceptors (Lipinski definition) is 6. The maximum Gasteiger partial charge on any atom is 0.126 e. The number of ether oxygens (including phenoxy) is 1. The smallest absolute Gasteiger partial charge is 0.126 e. The van der Waals surface area contributed by atoms with Crippen LogP contribution in [0.1, 0.15) is 133 Å². The molecule has 0 fully saturated rings. The molecule has 0 aliphatic heterocycles. The van der Waals surface area contributed by atoms with E-state index in [-0.39, 0.29) is 32.3 Å². The van der Waals surface area contributed by atoms with E-state index in [4.69, 9.17) is 4.74 Å². The summed E-state index contributed by atoms with van der Waals surface area (Å²) in [4.78, 5) is 2.31. The zero-order valence-corrected chi connectivity index (χ0v) is 30.6. The van der Waals surface area contributed by atoms with Crippen molar-refractivity contribution in [2.75, 3.05) is 6.61 Å². The molecular formula is C36H58O4S2. The lowest BCUT2D eigenvalue weighted by molar-refractivity contribution is -0.00972. The predicted octanol–water partition coefficient (Wildman–Crippen LogP) is 9.71. The average Bonchev–Trinajstić information content (AvgIpc) is 2.79. The Labute approximate surface area is 265 Å². The third-order valence-corrected chi connectivity index (χ3v) is 9.79. The molecule has 238 valence electrons. The minimum Gasteiger partial charge on any atom is -0.507 e. The maximum absolute atomic E-state index is 11.2. The molecule has 0 spiro atoms. The molecular weight excluding hydrogens is 561 g/mol. The fraction of sp³-hybridized carbons (Fsp3) is 0.667. The van der Waals surface area contributed by atoms with Crippen LogP contribution < -0.4 is 4.74 Å². The molecule has 0 heterocycles. The van der Waals surface area contributed by atoms with E-state index in [9.17, 15) is 15.3 Å². The molecule has 0 saturated heterocycles. The highest BCUT2D eigenvalue weighted by Gasteiger charge is 2.32. The van der Waals surface area contributed by atoms with E-state index in [0.29, 0.717) is 12.2 Å². The third-order valence-electron chi connectivity index (χ3n) is 7.37. The molecule has 0 aliphatic carbocycles. The van der Waals surface area contributed by atoms with Crippen LogP contribution >= 0.6 is 23.5 Å². The fourth-order valence-electron chi connectivity index (χ4n) is 4.88. The summed E-state index contributed by atoms with van der Waals surface area (Å²) < 4.78 is 6.13. The summed E-state index contributed by atoms with van der Waals surface area (Å²) in [5.41, 5.74) is 3.36. The molecule has 2 atom stereocenters. The first-order valence-corrected chi connectivity index (χ1v) is 16.8. The number of benzene rings is 2. The van der Waals surface area contributed by atoms with Gasteiger partial charge in [0, 0.05) is 32.0 Å². The number of phenolic OH excluding ortho intramolecular Hbond substituents is 1. The van der Waals surface area contributed by atoms with Crippen molar-refractivity contribution in [3.05, 3.63) is 46.5 Å². The topological polar surface area (TPSA) is 69.9 Å². The highest BCUT2D eigenvalue weighted by atomic mass is 32.2. The average molecular weight is 619 g/mol. The van der Waals surface area contributed by atoms with Crippen LogP contribution in [0, 0.1) is 0 Å². The SMILES string of the molecule is CC[C@H](O)[C@@H](O)COc1c(C(C)(C)C)cc(SC(C)(C)Sc2cc(C(C)(C)C)c(O)c(C(C)(C)C)c2)cc1C(C)(C)C. The molecule has 0 amide bonds. The van der Waals surface area contributed by atoms with Crippen molar-refractivity contribution in [2.24, 2.45) is 0 Å². The van der Waals surface area contributed by atoms with Gasteiger partial charge in [0.2, 0.25) is 0 Å². The Kier molecular flexibility index (Phi) is 11.4. The Balaban J connectivity index is 2.60. The predicted molar refractivity (Wildman–Crippen MR) is 183 cm³/mol. The zero-order valence-electron chi connectivity index (χ0n) is 28.9. The summed E-state index contributed by atoms with van der Waals surface area (Å²) >= 11 is 3.65. The first-order chi connectivity index (χ1) is 18.8. The highest BCUT2D eigenvalue weighted by molar-refractivity contribution is 8.18. The molecule has 0 aliphatic rings. The summed E-state index contributed by atoms with van der Waals surface area (Å²) in [7, 11) is 0. The van der Waals surface area contributed by atoms with Crippen LogP contribution in [0.3, 0.4) is 0 Å². The second-order valence-electron chi connectivity index (χ2n) is 16.2. The Morgan fingerprint density at radius 2 is 0.929 bits per heavy atom. The van der Waals surface area contributed by atoms with E-state index < -0.39 is 12.2 Å². The first kappa shape index (κ1) is 36.8. The van der Waals surface area contributed by atoms with Gasteiger partial charge in [-0.05, 0) is 66.2 Å². The Hall–Kier alpha value is -1.34. The van der Waals surface area contributed by atoms with Gasteiger partial charge in [0.05, 0.1) is 10.2 Å². The molecule has 0 aromatic heterocycles. The lowest BCUT2D eigenvalue weighted by Crippen LogP contribution is -2.32. The van der Waals surface area contributed by atoms with Crippen LogP contribution in [-0.2, 0) is 21.7 Å². The Morgan fingerprint density at radius 1 is 0.595 bits per heavy atom. The van der Waals surface area contributed by atoms with E-state index in [0.717, 1.165) is 37.8 Å². The van der Waals surface area contributed by atoms with Gasteiger partial charge in [-0.2, -0.15) is 0 Å². The molecule has 0 saturated carbocycles. The number of aliphatic hydroxyl groups excluding tert-OH is 2. The van der Waals surface area contributed by atoms with Crippen molar-refractivity contribution in [3.8, 4) is 11.5 Å². The van der Waals surface area contributed by atoms with Crippen molar-refractivity contribution in [1.29, 1.82) is 0 Å². The van der Waals surface area contributed by atoms with Gasteiger partial charge in [0.25, 0.3) is 0 Å². The highest BCUT2D eigenvalue weighted by Crippen LogP contribution is 2.51. The van der Waals surface area contributed by atoms with Gasteiger partial charge in [-0.1, -0.05) is 90.0 Å². The van der Waals surface area contributed by atoms with E-state index in [1.165, 1.54) is 0 Å². The minimum atomic E-state index is -0.943. The van der Waals surface area contributed by atoms with Crippen LogP contribution in [-0.4, -0.2) is 38.2 Å². The maximum atomic E-state index is 11.2. The molecule has 0 bridgehead atoms. The van der Waals surface area contributed by atoms with E-state index in [1.54, 1.807) is 0 Å². The molecule has 4 nitrogen and oxygen atoms in total. The molecule has 0 unspecified atom stereocenters. The van der Waals surface area contributed by atoms with Crippen LogP contribution in [0.5, 0.6) is 11.5 Å². The molecule has 6 heteroatoms. The largest absolute Gasteiger partial charge is 0.507 e. The second kappa shape index (κ2) is 12.9. The van der Waals surface area contributed by atoms with E-state index >= 15 is 0 Å². The van der Waals surface area contributed by atoms with Crippen LogP contribution in [0.2, 0.25) is 0 Å². The van der Waals surface area contributed by atoms with E-state index in [1.807, 2.05) is 30.4 Å². The molecule has 2 rings (SSSR count). The monoisotopic (exact) mass is 618 g/mol. The molecule has 2 aromatic carbocycles.